The second kappa shape index (κ2) is 8.14. The first-order chi connectivity index (χ1) is 15.2. The van der Waals surface area contributed by atoms with Crippen molar-refractivity contribution in [1.29, 1.82) is 0 Å². The Morgan fingerprint density at radius 3 is 2.50 bits per heavy atom. The van der Waals surface area contributed by atoms with Crippen LogP contribution in [0.25, 0.3) is 5.69 Å². The van der Waals surface area contributed by atoms with Crippen molar-refractivity contribution in [3.8, 4) is 5.69 Å². The van der Waals surface area contributed by atoms with Gasteiger partial charge in [0.1, 0.15) is 6.04 Å². The zero-order chi connectivity index (χ0) is 23.0. The third kappa shape index (κ3) is 3.86. The summed E-state index contributed by atoms with van der Waals surface area (Å²) >= 11 is 0. The summed E-state index contributed by atoms with van der Waals surface area (Å²) in [5.41, 5.74) is 1.57. The molecule has 0 radical (unpaired) electrons. The quantitative estimate of drug-likeness (QED) is 0.671. The van der Waals surface area contributed by atoms with Crippen LogP contribution in [-0.4, -0.2) is 39.6 Å². The molecule has 166 valence electrons. The average Bonchev–Trinajstić information content (AvgIpc) is 3.07. The molecule has 1 fully saturated rings. The maximum Gasteiger partial charge on any atom is 0.416 e. The number of piperazine rings is 1. The highest BCUT2D eigenvalue weighted by Crippen LogP contribution is 2.33. The predicted octanol–water partition coefficient (Wildman–Crippen LogP) is 3.82. The summed E-state index contributed by atoms with van der Waals surface area (Å²) in [7, 11) is 0. The number of nitrogens with one attached hydrogen (secondary N) is 1. The summed E-state index contributed by atoms with van der Waals surface area (Å²) in [4.78, 5) is 27.5. The third-order valence-corrected chi connectivity index (χ3v) is 5.53. The molecule has 2 amide bonds. The summed E-state index contributed by atoms with van der Waals surface area (Å²) in [5.74, 6) is -1.03. The van der Waals surface area contributed by atoms with E-state index in [-0.39, 0.29) is 18.7 Å². The highest BCUT2D eigenvalue weighted by molar-refractivity contribution is 5.99. The topological polar surface area (TPSA) is 67.2 Å². The van der Waals surface area contributed by atoms with Gasteiger partial charge in [-0.05, 0) is 44.2 Å². The molecule has 1 aromatic heterocycles. The monoisotopic (exact) mass is 442 g/mol. The second-order valence-electron chi connectivity index (χ2n) is 7.60. The lowest BCUT2D eigenvalue weighted by Gasteiger charge is -2.35. The Kier molecular flexibility index (Phi) is 5.50. The van der Waals surface area contributed by atoms with E-state index in [4.69, 9.17) is 0 Å². The number of amides is 2. The normalized spacial score (nSPS) is 16.7. The Labute approximate surface area is 182 Å². The summed E-state index contributed by atoms with van der Waals surface area (Å²) < 4.78 is 41.1. The van der Waals surface area contributed by atoms with Crippen LogP contribution in [0.1, 0.15) is 38.9 Å². The van der Waals surface area contributed by atoms with Crippen LogP contribution in [0.5, 0.6) is 0 Å². The molecule has 6 nitrogen and oxygen atoms in total. The van der Waals surface area contributed by atoms with Crippen molar-refractivity contribution in [3.63, 3.8) is 0 Å². The van der Waals surface area contributed by atoms with Gasteiger partial charge in [-0.1, -0.05) is 24.3 Å². The van der Waals surface area contributed by atoms with E-state index in [0.29, 0.717) is 17.0 Å². The van der Waals surface area contributed by atoms with E-state index < -0.39 is 29.6 Å². The molecule has 1 atom stereocenters. The fraction of sp³-hybridized carbons (Fsp3) is 0.261. The van der Waals surface area contributed by atoms with E-state index in [0.717, 1.165) is 17.8 Å². The number of aryl methyl sites for hydroxylation is 1. The molecule has 0 aliphatic carbocycles. The number of aromatic nitrogens is 2. The first-order valence-electron chi connectivity index (χ1n) is 10.1. The predicted molar refractivity (Wildman–Crippen MR) is 111 cm³/mol. The van der Waals surface area contributed by atoms with E-state index in [9.17, 15) is 22.8 Å². The van der Waals surface area contributed by atoms with Crippen LogP contribution in [0.3, 0.4) is 0 Å². The van der Waals surface area contributed by atoms with Crippen molar-refractivity contribution in [2.24, 2.45) is 0 Å². The zero-order valence-corrected chi connectivity index (χ0v) is 17.5. The van der Waals surface area contributed by atoms with E-state index in [1.807, 2.05) is 30.3 Å². The number of rotatable bonds is 3. The highest BCUT2D eigenvalue weighted by atomic mass is 19.4. The number of carbonyl (C=O) groups is 2. The number of hydrogen-bond acceptors (Lipinski definition) is 3. The van der Waals surface area contributed by atoms with Crippen LogP contribution in [0, 0.1) is 13.8 Å². The largest absolute Gasteiger partial charge is 0.416 e. The van der Waals surface area contributed by atoms with Crippen molar-refractivity contribution < 1.29 is 22.8 Å². The Bertz CT molecular complexity index is 1170. The lowest BCUT2D eigenvalue weighted by molar-refractivity contribution is -0.137. The molecule has 0 saturated carbocycles. The van der Waals surface area contributed by atoms with Crippen molar-refractivity contribution >= 4 is 11.8 Å². The smallest absolute Gasteiger partial charge is 0.352 e. The molecular formula is C23H21F3N4O2. The van der Waals surface area contributed by atoms with E-state index in [1.165, 1.54) is 17.0 Å². The van der Waals surface area contributed by atoms with Crippen molar-refractivity contribution in [1.82, 2.24) is 20.0 Å². The van der Waals surface area contributed by atoms with Gasteiger partial charge in [0.15, 0.2) is 0 Å². The van der Waals surface area contributed by atoms with Gasteiger partial charge in [0.2, 0.25) is 5.91 Å². The van der Waals surface area contributed by atoms with Gasteiger partial charge in [-0.3, -0.25) is 9.59 Å². The molecule has 3 aromatic rings. The number of para-hydroxylation sites is 1. The van der Waals surface area contributed by atoms with Crippen LogP contribution in [0.15, 0.2) is 54.6 Å². The molecule has 4 rings (SSSR count). The molecule has 32 heavy (non-hydrogen) atoms. The van der Waals surface area contributed by atoms with Crippen molar-refractivity contribution in [2.45, 2.75) is 26.1 Å². The van der Waals surface area contributed by atoms with Gasteiger partial charge in [-0.25, -0.2) is 4.68 Å². The number of halogens is 3. The molecule has 1 N–H and O–H groups in total. The molecule has 1 saturated heterocycles. The van der Waals surface area contributed by atoms with Gasteiger partial charge in [0.05, 0.1) is 16.9 Å². The van der Waals surface area contributed by atoms with Crippen molar-refractivity contribution in [3.05, 3.63) is 82.7 Å². The fourth-order valence-electron chi connectivity index (χ4n) is 4.04. The van der Waals surface area contributed by atoms with Gasteiger partial charge in [0.25, 0.3) is 5.91 Å². The first-order valence-corrected chi connectivity index (χ1v) is 10.1. The van der Waals surface area contributed by atoms with E-state index in [2.05, 4.69) is 10.4 Å². The Balaban J connectivity index is 1.76. The lowest BCUT2D eigenvalue weighted by atomic mass is 9.98. The third-order valence-electron chi connectivity index (χ3n) is 5.53. The molecule has 9 heteroatoms. The van der Waals surface area contributed by atoms with Crippen LogP contribution in [-0.2, 0) is 11.0 Å². The van der Waals surface area contributed by atoms with Crippen LogP contribution in [0.2, 0.25) is 0 Å². The number of carbonyl (C=O) groups excluding carboxylic acids is 2. The molecular weight excluding hydrogens is 421 g/mol. The molecule has 1 aliphatic heterocycles. The molecule has 2 heterocycles. The van der Waals surface area contributed by atoms with Gasteiger partial charge in [-0.2, -0.15) is 18.3 Å². The second-order valence-corrected chi connectivity index (χ2v) is 7.60. The minimum absolute atomic E-state index is 0.120. The van der Waals surface area contributed by atoms with Gasteiger partial charge >= 0.3 is 6.18 Å². The van der Waals surface area contributed by atoms with Gasteiger partial charge in [0, 0.05) is 29.9 Å². The lowest BCUT2D eigenvalue weighted by Crippen LogP contribution is -2.52. The van der Waals surface area contributed by atoms with Gasteiger partial charge < -0.3 is 10.2 Å². The average molecular weight is 442 g/mol. The zero-order valence-electron chi connectivity index (χ0n) is 17.5. The van der Waals surface area contributed by atoms with E-state index in [1.54, 1.807) is 18.5 Å². The maximum atomic E-state index is 13.3. The van der Waals surface area contributed by atoms with Crippen molar-refractivity contribution in [2.75, 3.05) is 13.1 Å². The molecule has 0 spiro atoms. The summed E-state index contributed by atoms with van der Waals surface area (Å²) in [6, 6.07) is 12.6. The number of nitrogens with zero attached hydrogens (tertiary/aromatic N) is 3. The van der Waals surface area contributed by atoms with Crippen LogP contribution < -0.4 is 5.32 Å². The SMILES string of the molecule is Cc1nn(-c2ccccc2)c(C)c1[C@H]1C(=O)NCCN1C(=O)c1cccc(C(F)(F)F)c1. The standard InChI is InChI=1S/C23H21F3N4O2/c1-14-19(15(2)30(28-14)18-9-4-3-5-10-18)20-21(31)27-11-12-29(20)22(32)16-7-6-8-17(13-16)23(24,25)26/h3-10,13,20H,11-12H2,1-2H3,(H,27,31)/t20-/m0/s1. The summed E-state index contributed by atoms with van der Waals surface area (Å²) in [6.45, 7) is 3.93. The molecule has 0 bridgehead atoms. The minimum Gasteiger partial charge on any atom is -0.352 e. The Morgan fingerprint density at radius 2 is 1.81 bits per heavy atom. The molecule has 2 aromatic carbocycles. The van der Waals surface area contributed by atoms with E-state index >= 15 is 0 Å². The number of alkyl halides is 3. The first kappa shape index (κ1) is 21.6. The minimum atomic E-state index is -4.57. The van der Waals surface area contributed by atoms with Gasteiger partial charge in [-0.15, -0.1) is 0 Å². The summed E-state index contributed by atoms with van der Waals surface area (Å²) in [6.07, 6.45) is -4.57. The number of benzene rings is 2. The molecule has 1 aliphatic rings. The Morgan fingerprint density at radius 1 is 1.09 bits per heavy atom. The van der Waals surface area contributed by atoms with Crippen LogP contribution >= 0.6 is 0 Å². The number of hydrogen-bond donors (Lipinski definition) is 1. The maximum absolute atomic E-state index is 13.3. The molecule has 0 unspecified atom stereocenters. The highest BCUT2D eigenvalue weighted by Gasteiger charge is 2.39. The fourth-order valence-corrected chi connectivity index (χ4v) is 4.04. The Hall–Kier alpha value is -3.62. The van der Waals surface area contributed by atoms with Crippen LogP contribution in [0.4, 0.5) is 13.2 Å². The summed E-state index contributed by atoms with van der Waals surface area (Å²) in [5, 5.41) is 7.31.